The van der Waals surface area contributed by atoms with E-state index in [1.165, 1.54) is 10.8 Å². The largest absolute Gasteiger partial charge is 0.317 e. The summed E-state index contributed by atoms with van der Waals surface area (Å²) in [5.74, 6) is 1.03. The van der Waals surface area contributed by atoms with Gasteiger partial charge in [-0.05, 0) is 45.2 Å². The second-order valence-electron chi connectivity index (χ2n) is 4.90. The first-order valence-corrected chi connectivity index (χ1v) is 6.38. The van der Waals surface area contributed by atoms with E-state index in [1.807, 2.05) is 6.92 Å². The Hall–Kier alpha value is -1.69. The molecule has 2 aromatic heterocycles. The van der Waals surface area contributed by atoms with Crippen LogP contribution in [0.2, 0.25) is 0 Å². The zero-order chi connectivity index (χ0) is 12.5. The molecular weight excluding hydrogens is 230 g/mol. The summed E-state index contributed by atoms with van der Waals surface area (Å²) in [5, 5.41) is 6.15. The van der Waals surface area contributed by atoms with Gasteiger partial charge in [0, 0.05) is 5.56 Å². The standard InChI is InChI=1S/C12H17N5O/c1-8-10(6-9-2-4-13-5-3-9)11(18)17-12(16-8)14-7-15-17/h7,9,13H,2-6H2,1H3,(H,14,15,16). The third-order valence-corrected chi connectivity index (χ3v) is 3.68. The Balaban J connectivity index is 1.97. The first-order chi connectivity index (χ1) is 8.75. The van der Waals surface area contributed by atoms with Crippen molar-refractivity contribution in [3.8, 4) is 0 Å². The van der Waals surface area contributed by atoms with Gasteiger partial charge in [0.05, 0.1) is 5.69 Å². The van der Waals surface area contributed by atoms with Gasteiger partial charge in [-0.15, -0.1) is 0 Å². The van der Waals surface area contributed by atoms with Crippen LogP contribution in [0.15, 0.2) is 11.1 Å². The Kier molecular flexibility index (Phi) is 2.87. The van der Waals surface area contributed by atoms with Gasteiger partial charge in [-0.2, -0.15) is 4.52 Å². The van der Waals surface area contributed by atoms with E-state index in [0.717, 1.165) is 43.6 Å². The molecule has 2 aromatic rings. The van der Waals surface area contributed by atoms with E-state index in [4.69, 9.17) is 0 Å². The summed E-state index contributed by atoms with van der Waals surface area (Å²) in [6, 6.07) is 0. The number of nitrogens with one attached hydrogen (secondary N) is 2. The predicted octanol–water partition coefficient (Wildman–Crippen LogP) is 0.268. The second-order valence-corrected chi connectivity index (χ2v) is 4.90. The van der Waals surface area contributed by atoms with Crippen LogP contribution in [0.1, 0.15) is 24.1 Å². The first kappa shape index (κ1) is 11.4. The number of aromatic amines is 1. The molecule has 1 aliphatic rings. The van der Waals surface area contributed by atoms with Gasteiger partial charge < -0.3 is 5.32 Å². The van der Waals surface area contributed by atoms with E-state index < -0.39 is 0 Å². The molecule has 3 heterocycles. The molecule has 1 aliphatic heterocycles. The zero-order valence-corrected chi connectivity index (χ0v) is 10.4. The third-order valence-electron chi connectivity index (χ3n) is 3.68. The molecule has 6 heteroatoms. The SMILES string of the molecule is Cc1nc2nc[nH]n2c(=O)c1CC1CCNCC1. The van der Waals surface area contributed by atoms with Crippen molar-refractivity contribution >= 4 is 5.78 Å². The zero-order valence-electron chi connectivity index (χ0n) is 10.4. The number of piperidine rings is 1. The van der Waals surface area contributed by atoms with Crippen LogP contribution in [0.4, 0.5) is 0 Å². The highest BCUT2D eigenvalue weighted by Gasteiger charge is 2.18. The molecule has 3 rings (SSSR count). The van der Waals surface area contributed by atoms with Crippen molar-refractivity contribution in [2.75, 3.05) is 13.1 Å². The summed E-state index contributed by atoms with van der Waals surface area (Å²) < 4.78 is 1.42. The smallest absolute Gasteiger partial charge is 0.277 e. The predicted molar refractivity (Wildman–Crippen MR) is 67.6 cm³/mol. The van der Waals surface area contributed by atoms with Crippen molar-refractivity contribution in [1.29, 1.82) is 0 Å². The molecule has 18 heavy (non-hydrogen) atoms. The monoisotopic (exact) mass is 247 g/mol. The lowest BCUT2D eigenvalue weighted by Gasteiger charge is -2.22. The number of aromatic nitrogens is 4. The lowest BCUT2D eigenvalue weighted by atomic mass is 9.91. The first-order valence-electron chi connectivity index (χ1n) is 6.38. The van der Waals surface area contributed by atoms with Gasteiger partial charge >= 0.3 is 0 Å². The van der Waals surface area contributed by atoms with Crippen molar-refractivity contribution < 1.29 is 0 Å². The van der Waals surface area contributed by atoms with Crippen molar-refractivity contribution in [1.82, 2.24) is 24.9 Å². The van der Waals surface area contributed by atoms with Crippen LogP contribution in [-0.2, 0) is 6.42 Å². The van der Waals surface area contributed by atoms with Gasteiger partial charge in [0.25, 0.3) is 11.3 Å². The molecule has 0 amide bonds. The fraction of sp³-hybridized carbons (Fsp3) is 0.583. The van der Waals surface area contributed by atoms with E-state index in [-0.39, 0.29) is 5.56 Å². The number of fused-ring (bicyclic) bond motifs is 1. The minimum Gasteiger partial charge on any atom is -0.317 e. The number of hydrogen-bond donors (Lipinski definition) is 2. The van der Waals surface area contributed by atoms with Gasteiger partial charge in [-0.1, -0.05) is 0 Å². The topological polar surface area (TPSA) is 75.1 Å². The number of nitrogens with zero attached hydrogens (tertiary/aromatic N) is 3. The number of aryl methyl sites for hydroxylation is 1. The van der Waals surface area contributed by atoms with Crippen LogP contribution in [-0.4, -0.2) is 32.7 Å². The molecular formula is C12H17N5O. The average molecular weight is 247 g/mol. The fourth-order valence-corrected chi connectivity index (χ4v) is 2.60. The number of hydrogen-bond acceptors (Lipinski definition) is 4. The average Bonchev–Trinajstić information content (AvgIpc) is 2.84. The van der Waals surface area contributed by atoms with Crippen molar-refractivity contribution in [2.45, 2.75) is 26.2 Å². The van der Waals surface area contributed by atoms with Gasteiger partial charge in [-0.25, -0.2) is 9.97 Å². The molecule has 0 saturated carbocycles. The maximum atomic E-state index is 12.3. The van der Waals surface area contributed by atoms with Crippen LogP contribution in [0.5, 0.6) is 0 Å². The van der Waals surface area contributed by atoms with Crippen LogP contribution in [0, 0.1) is 12.8 Å². The highest BCUT2D eigenvalue weighted by molar-refractivity contribution is 5.30. The molecule has 0 aromatic carbocycles. The highest BCUT2D eigenvalue weighted by atomic mass is 16.1. The van der Waals surface area contributed by atoms with Crippen LogP contribution < -0.4 is 10.9 Å². The van der Waals surface area contributed by atoms with Gasteiger partial charge in [0.2, 0.25) is 0 Å². The molecule has 96 valence electrons. The molecule has 0 aliphatic carbocycles. The van der Waals surface area contributed by atoms with E-state index in [9.17, 15) is 4.79 Å². The van der Waals surface area contributed by atoms with Gasteiger partial charge in [-0.3, -0.25) is 9.89 Å². The molecule has 1 saturated heterocycles. The van der Waals surface area contributed by atoms with E-state index in [0.29, 0.717) is 11.7 Å². The lowest BCUT2D eigenvalue weighted by Crippen LogP contribution is -2.31. The summed E-state index contributed by atoms with van der Waals surface area (Å²) in [6.45, 7) is 3.99. The lowest BCUT2D eigenvalue weighted by molar-refractivity contribution is 0.370. The Morgan fingerprint density at radius 1 is 1.44 bits per heavy atom. The molecule has 0 radical (unpaired) electrons. The van der Waals surface area contributed by atoms with Crippen molar-refractivity contribution in [2.24, 2.45) is 5.92 Å². The maximum Gasteiger partial charge on any atom is 0.277 e. The Morgan fingerprint density at radius 2 is 2.22 bits per heavy atom. The molecule has 0 bridgehead atoms. The summed E-state index contributed by atoms with van der Waals surface area (Å²) in [5.41, 5.74) is 1.63. The molecule has 2 N–H and O–H groups in total. The van der Waals surface area contributed by atoms with Crippen molar-refractivity contribution in [3.05, 3.63) is 27.9 Å². The van der Waals surface area contributed by atoms with E-state index in [1.54, 1.807) is 0 Å². The van der Waals surface area contributed by atoms with Gasteiger partial charge in [0.15, 0.2) is 0 Å². The van der Waals surface area contributed by atoms with E-state index >= 15 is 0 Å². The molecule has 6 nitrogen and oxygen atoms in total. The third kappa shape index (κ3) is 1.92. The fourth-order valence-electron chi connectivity index (χ4n) is 2.60. The minimum absolute atomic E-state index is 0.00599. The van der Waals surface area contributed by atoms with Gasteiger partial charge in [0.1, 0.15) is 6.33 Å². The highest BCUT2D eigenvalue weighted by Crippen LogP contribution is 2.17. The quantitative estimate of drug-likeness (QED) is 0.798. The summed E-state index contributed by atoms with van der Waals surface area (Å²) in [7, 11) is 0. The minimum atomic E-state index is -0.00599. The van der Waals surface area contributed by atoms with Crippen LogP contribution >= 0.6 is 0 Å². The second kappa shape index (κ2) is 4.53. The molecule has 1 fully saturated rings. The maximum absolute atomic E-state index is 12.3. The number of rotatable bonds is 2. The molecule has 0 atom stereocenters. The van der Waals surface area contributed by atoms with Crippen LogP contribution in [0.25, 0.3) is 5.78 Å². The Morgan fingerprint density at radius 3 is 3.00 bits per heavy atom. The Labute approximate surface area is 104 Å². The Bertz CT molecular complexity index is 608. The summed E-state index contributed by atoms with van der Waals surface area (Å²) >= 11 is 0. The normalized spacial score (nSPS) is 17.4. The molecule has 0 spiro atoms. The van der Waals surface area contributed by atoms with Crippen LogP contribution in [0.3, 0.4) is 0 Å². The molecule has 0 unspecified atom stereocenters. The summed E-state index contributed by atoms with van der Waals surface area (Å²) in [4.78, 5) is 20.7. The summed E-state index contributed by atoms with van der Waals surface area (Å²) in [6.07, 6.45) is 4.58. The van der Waals surface area contributed by atoms with E-state index in [2.05, 4.69) is 20.4 Å². The van der Waals surface area contributed by atoms with Crippen molar-refractivity contribution in [3.63, 3.8) is 0 Å². The number of H-pyrrole nitrogens is 1.